The first kappa shape index (κ1) is 9.00. The second-order valence-electron chi connectivity index (χ2n) is 2.94. The van der Waals surface area contributed by atoms with Crippen LogP contribution in [0.5, 0.6) is 0 Å². The van der Waals surface area contributed by atoms with Crippen LogP contribution in [0.1, 0.15) is 17.7 Å². The lowest BCUT2D eigenvalue weighted by Gasteiger charge is -2.00. The van der Waals surface area contributed by atoms with Gasteiger partial charge in [-0.2, -0.15) is 5.10 Å². The quantitative estimate of drug-likeness (QED) is 0.728. The van der Waals surface area contributed by atoms with Crippen LogP contribution < -0.4 is 5.73 Å². The maximum atomic E-state index is 5.44. The highest BCUT2D eigenvalue weighted by atomic mass is 15.2. The molecule has 3 nitrogen and oxygen atoms in total. The summed E-state index contributed by atoms with van der Waals surface area (Å²) in [5, 5.41) is 4.23. The minimum atomic E-state index is 0.646. The molecule has 66 valence electrons. The van der Waals surface area contributed by atoms with Gasteiger partial charge in [0.2, 0.25) is 0 Å². The Kier molecular flexibility index (Phi) is 2.65. The lowest BCUT2D eigenvalue weighted by Crippen LogP contribution is -1.99. The summed E-state index contributed by atoms with van der Waals surface area (Å²) in [7, 11) is 1.91. The first-order chi connectivity index (χ1) is 5.65. The molecule has 0 aliphatic heterocycles. The normalized spacial score (nSPS) is 10.2. The third kappa shape index (κ3) is 1.74. The van der Waals surface area contributed by atoms with E-state index >= 15 is 0 Å². The summed E-state index contributed by atoms with van der Waals surface area (Å²) in [5.74, 6) is 0. The molecular weight excluding hydrogens is 150 g/mol. The molecule has 0 aliphatic rings. The average Bonchev–Trinajstić information content (AvgIpc) is 2.30. The number of aromatic nitrogens is 2. The van der Waals surface area contributed by atoms with Gasteiger partial charge in [-0.05, 0) is 25.5 Å². The Morgan fingerprint density at radius 3 is 2.83 bits per heavy atom. The molecular formula is C9H15N3. The Morgan fingerprint density at radius 1 is 1.75 bits per heavy atom. The summed E-state index contributed by atoms with van der Waals surface area (Å²) < 4.78 is 1.80. The van der Waals surface area contributed by atoms with E-state index in [1.54, 1.807) is 4.68 Å². The zero-order chi connectivity index (χ0) is 9.14. The average molecular weight is 165 g/mol. The molecule has 0 atom stereocenters. The minimum absolute atomic E-state index is 0.646. The summed E-state index contributed by atoms with van der Waals surface area (Å²) >= 11 is 0. The number of nitrogens with zero attached hydrogens (tertiary/aromatic N) is 2. The SMILES string of the molecule is C=C(CCN)c1cn(C)nc1C. The van der Waals surface area contributed by atoms with E-state index in [4.69, 9.17) is 5.73 Å². The zero-order valence-electron chi connectivity index (χ0n) is 7.67. The predicted octanol–water partition coefficient (Wildman–Crippen LogP) is 1.09. The summed E-state index contributed by atoms with van der Waals surface area (Å²) in [5.41, 5.74) is 8.66. The van der Waals surface area contributed by atoms with Crippen molar-refractivity contribution in [1.82, 2.24) is 9.78 Å². The van der Waals surface area contributed by atoms with Crippen molar-refractivity contribution in [1.29, 1.82) is 0 Å². The first-order valence-electron chi connectivity index (χ1n) is 4.03. The molecule has 1 aromatic rings. The molecule has 2 N–H and O–H groups in total. The largest absolute Gasteiger partial charge is 0.330 e. The van der Waals surface area contributed by atoms with E-state index in [1.807, 2.05) is 20.2 Å². The van der Waals surface area contributed by atoms with E-state index in [2.05, 4.69) is 11.7 Å². The van der Waals surface area contributed by atoms with E-state index < -0.39 is 0 Å². The number of rotatable bonds is 3. The highest BCUT2D eigenvalue weighted by Crippen LogP contribution is 2.17. The maximum absolute atomic E-state index is 5.44. The van der Waals surface area contributed by atoms with Gasteiger partial charge >= 0.3 is 0 Å². The number of hydrogen-bond acceptors (Lipinski definition) is 2. The molecule has 0 saturated heterocycles. The van der Waals surface area contributed by atoms with Crippen LogP contribution in [0.3, 0.4) is 0 Å². The van der Waals surface area contributed by atoms with E-state index in [0.717, 1.165) is 23.3 Å². The Balaban J connectivity index is 2.87. The molecule has 0 saturated carbocycles. The van der Waals surface area contributed by atoms with Gasteiger partial charge in [0.15, 0.2) is 0 Å². The monoisotopic (exact) mass is 165 g/mol. The second-order valence-corrected chi connectivity index (χ2v) is 2.94. The third-order valence-electron chi connectivity index (χ3n) is 1.84. The van der Waals surface area contributed by atoms with Crippen LogP contribution in [0.2, 0.25) is 0 Å². The fraction of sp³-hybridized carbons (Fsp3) is 0.444. The van der Waals surface area contributed by atoms with Gasteiger partial charge in [-0.1, -0.05) is 6.58 Å². The molecule has 12 heavy (non-hydrogen) atoms. The zero-order valence-corrected chi connectivity index (χ0v) is 7.67. The molecule has 1 heterocycles. The molecule has 1 aromatic heterocycles. The van der Waals surface area contributed by atoms with Crippen LogP contribution >= 0.6 is 0 Å². The highest BCUT2D eigenvalue weighted by molar-refractivity contribution is 5.64. The van der Waals surface area contributed by atoms with Gasteiger partial charge in [0.25, 0.3) is 0 Å². The predicted molar refractivity (Wildman–Crippen MR) is 50.7 cm³/mol. The molecule has 3 heteroatoms. The standard InChI is InChI=1S/C9H15N3/c1-7(4-5-10)9-6-12(3)11-8(9)2/h6H,1,4-5,10H2,2-3H3. The van der Waals surface area contributed by atoms with E-state index in [1.165, 1.54) is 0 Å². The van der Waals surface area contributed by atoms with Crippen molar-refractivity contribution in [2.75, 3.05) is 6.54 Å². The molecule has 0 radical (unpaired) electrons. The van der Waals surface area contributed by atoms with Gasteiger partial charge in [0.1, 0.15) is 0 Å². The third-order valence-corrected chi connectivity index (χ3v) is 1.84. The molecule has 0 amide bonds. The van der Waals surface area contributed by atoms with Crippen molar-refractivity contribution >= 4 is 5.57 Å². The molecule has 0 aromatic carbocycles. The number of hydrogen-bond donors (Lipinski definition) is 1. The van der Waals surface area contributed by atoms with E-state index in [-0.39, 0.29) is 0 Å². The molecule has 0 spiro atoms. The topological polar surface area (TPSA) is 43.8 Å². The summed E-state index contributed by atoms with van der Waals surface area (Å²) in [6.07, 6.45) is 2.82. The van der Waals surface area contributed by atoms with Crippen LogP contribution in [0.15, 0.2) is 12.8 Å². The van der Waals surface area contributed by atoms with Gasteiger partial charge in [-0.15, -0.1) is 0 Å². The van der Waals surface area contributed by atoms with Gasteiger partial charge in [-0.25, -0.2) is 0 Å². The van der Waals surface area contributed by atoms with Crippen molar-refractivity contribution in [3.8, 4) is 0 Å². The molecule has 0 bridgehead atoms. The number of aryl methyl sites for hydroxylation is 2. The molecule has 1 rings (SSSR count). The van der Waals surface area contributed by atoms with E-state index in [0.29, 0.717) is 6.54 Å². The van der Waals surface area contributed by atoms with Crippen LogP contribution in [-0.2, 0) is 7.05 Å². The fourth-order valence-electron chi connectivity index (χ4n) is 1.26. The second kappa shape index (κ2) is 3.54. The minimum Gasteiger partial charge on any atom is -0.330 e. The Morgan fingerprint density at radius 2 is 2.42 bits per heavy atom. The van der Waals surface area contributed by atoms with Crippen LogP contribution in [0, 0.1) is 6.92 Å². The van der Waals surface area contributed by atoms with Crippen LogP contribution in [0.25, 0.3) is 5.57 Å². The molecule has 0 unspecified atom stereocenters. The first-order valence-corrected chi connectivity index (χ1v) is 4.03. The lowest BCUT2D eigenvalue weighted by atomic mass is 10.1. The summed E-state index contributed by atoms with van der Waals surface area (Å²) in [6.45, 7) is 6.58. The lowest BCUT2D eigenvalue weighted by molar-refractivity contribution is 0.756. The van der Waals surface area contributed by atoms with Gasteiger partial charge in [-0.3, -0.25) is 4.68 Å². The number of nitrogens with two attached hydrogens (primary N) is 1. The van der Waals surface area contributed by atoms with Gasteiger partial charge < -0.3 is 5.73 Å². The van der Waals surface area contributed by atoms with Crippen molar-refractivity contribution < 1.29 is 0 Å². The summed E-state index contributed by atoms with van der Waals surface area (Å²) in [4.78, 5) is 0. The molecule has 0 aliphatic carbocycles. The van der Waals surface area contributed by atoms with E-state index in [9.17, 15) is 0 Å². The van der Waals surface area contributed by atoms with Crippen molar-refractivity contribution in [3.63, 3.8) is 0 Å². The van der Waals surface area contributed by atoms with Crippen molar-refractivity contribution in [2.45, 2.75) is 13.3 Å². The van der Waals surface area contributed by atoms with Gasteiger partial charge in [0, 0.05) is 18.8 Å². The summed E-state index contributed by atoms with van der Waals surface area (Å²) in [6, 6.07) is 0. The van der Waals surface area contributed by atoms with Crippen molar-refractivity contribution in [2.24, 2.45) is 12.8 Å². The maximum Gasteiger partial charge on any atom is 0.0668 e. The van der Waals surface area contributed by atoms with Gasteiger partial charge in [0.05, 0.1) is 5.69 Å². The Labute approximate surface area is 72.9 Å². The van der Waals surface area contributed by atoms with Crippen LogP contribution in [-0.4, -0.2) is 16.3 Å². The smallest absolute Gasteiger partial charge is 0.0668 e. The Hall–Kier alpha value is -1.09. The highest BCUT2D eigenvalue weighted by Gasteiger charge is 2.05. The van der Waals surface area contributed by atoms with Crippen molar-refractivity contribution in [3.05, 3.63) is 24.0 Å². The van der Waals surface area contributed by atoms with Crippen LogP contribution in [0.4, 0.5) is 0 Å². The fourth-order valence-corrected chi connectivity index (χ4v) is 1.26. The molecule has 0 fully saturated rings. The Bertz CT molecular complexity index is 286.